The van der Waals surface area contributed by atoms with Crippen molar-refractivity contribution < 1.29 is 4.79 Å². The molecule has 2 rings (SSSR count). The minimum Gasteiger partial charge on any atom is -0.352 e. The van der Waals surface area contributed by atoms with Crippen LogP contribution >= 0.6 is 0 Å². The summed E-state index contributed by atoms with van der Waals surface area (Å²) in [5.74, 6) is 1.31. The average molecular weight is 182 g/mol. The molecule has 1 heterocycles. The van der Waals surface area contributed by atoms with Gasteiger partial charge >= 0.3 is 0 Å². The maximum Gasteiger partial charge on any atom is 0.223 e. The highest BCUT2D eigenvalue weighted by Crippen LogP contribution is 2.41. The van der Waals surface area contributed by atoms with Crippen molar-refractivity contribution in [3.8, 4) is 0 Å². The zero-order valence-electron chi connectivity index (χ0n) is 8.18. The molecule has 1 aliphatic heterocycles. The number of hydrogen-bond acceptors (Lipinski definition) is 2. The van der Waals surface area contributed by atoms with Gasteiger partial charge in [-0.3, -0.25) is 4.79 Å². The van der Waals surface area contributed by atoms with Crippen LogP contribution in [0, 0.1) is 11.8 Å². The van der Waals surface area contributed by atoms with Gasteiger partial charge < -0.3 is 10.6 Å². The van der Waals surface area contributed by atoms with Gasteiger partial charge in [-0.15, -0.1) is 0 Å². The van der Waals surface area contributed by atoms with Crippen molar-refractivity contribution in [1.29, 1.82) is 0 Å². The normalized spacial score (nSPS) is 37.5. The largest absolute Gasteiger partial charge is 0.352 e. The van der Waals surface area contributed by atoms with Crippen LogP contribution in [0.4, 0.5) is 0 Å². The monoisotopic (exact) mass is 182 g/mol. The fraction of sp³-hybridized carbons (Fsp3) is 0.900. The highest BCUT2D eigenvalue weighted by Gasteiger charge is 2.41. The molecular formula is C10H18N2O. The Balaban J connectivity index is 1.72. The number of carbonyl (C=O) groups is 1. The summed E-state index contributed by atoms with van der Waals surface area (Å²) in [6, 6.07) is 0.394. The van der Waals surface area contributed by atoms with Crippen LogP contribution in [-0.2, 0) is 4.79 Å². The van der Waals surface area contributed by atoms with Crippen LogP contribution in [-0.4, -0.2) is 25.0 Å². The van der Waals surface area contributed by atoms with E-state index < -0.39 is 0 Å². The lowest BCUT2D eigenvalue weighted by Crippen LogP contribution is -2.37. The number of nitrogens with one attached hydrogen (secondary N) is 2. The van der Waals surface area contributed by atoms with Gasteiger partial charge in [0.15, 0.2) is 0 Å². The van der Waals surface area contributed by atoms with Gasteiger partial charge in [-0.05, 0) is 25.3 Å². The Hall–Kier alpha value is -0.570. The second-order valence-electron chi connectivity index (χ2n) is 4.21. The van der Waals surface area contributed by atoms with Gasteiger partial charge in [0.2, 0.25) is 5.91 Å². The van der Waals surface area contributed by atoms with E-state index in [2.05, 4.69) is 17.6 Å². The van der Waals surface area contributed by atoms with E-state index in [9.17, 15) is 4.79 Å². The molecule has 3 atom stereocenters. The topological polar surface area (TPSA) is 41.1 Å². The first-order chi connectivity index (χ1) is 6.31. The van der Waals surface area contributed by atoms with Crippen molar-refractivity contribution in [3.63, 3.8) is 0 Å². The quantitative estimate of drug-likeness (QED) is 0.667. The fourth-order valence-electron chi connectivity index (χ4n) is 2.11. The Morgan fingerprint density at radius 3 is 3.00 bits per heavy atom. The third-order valence-electron chi connectivity index (χ3n) is 3.19. The standard InChI is InChI=1S/C10H18N2O/c1-2-7-5-9(7)10(13)12-8-3-4-11-6-8/h7-9,11H,2-6H2,1H3,(H,12,13)/t7-,8+,9-/m1/s1. The van der Waals surface area contributed by atoms with Gasteiger partial charge in [0.1, 0.15) is 0 Å². The molecule has 0 spiro atoms. The molecule has 0 radical (unpaired) electrons. The summed E-state index contributed by atoms with van der Waals surface area (Å²) >= 11 is 0. The van der Waals surface area contributed by atoms with Gasteiger partial charge in [-0.25, -0.2) is 0 Å². The third kappa shape index (κ3) is 2.02. The molecule has 1 aliphatic carbocycles. The van der Waals surface area contributed by atoms with Crippen LogP contribution in [0.15, 0.2) is 0 Å². The molecular weight excluding hydrogens is 164 g/mol. The lowest BCUT2D eigenvalue weighted by Gasteiger charge is -2.10. The summed E-state index contributed by atoms with van der Waals surface area (Å²) in [7, 11) is 0. The minimum absolute atomic E-state index is 0.292. The summed E-state index contributed by atoms with van der Waals surface area (Å²) in [4.78, 5) is 11.6. The molecule has 0 aromatic carbocycles. The van der Waals surface area contributed by atoms with E-state index in [-0.39, 0.29) is 0 Å². The van der Waals surface area contributed by atoms with Crippen LogP contribution in [0.1, 0.15) is 26.2 Å². The Morgan fingerprint density at radius 2 is 2.46 bits per heavy atom. The molecule has 0 unspecified atom stereocenters. The van der Waals surface area contributed by atoms with Crippen molar-refractivity contribution in [1.82, 2.24) is 10.6 Å². The Morgan fingerprint density at radius 1 is 1.62 bits per heavy atom. The van der Waals surface area contributed by atoms with Gasteiger partial charge in [-0.1, -0.05) is 13.3 Å². The van der Waals surface area contributed by atoms with Crippen LogP contribution in [0.25, 0.3) is 0 Å². The predicted octanol–water partition coefficient (Wildman–Crippen LogP) is 0.511. The molecule has 0 aromatic heterocycles. The lowest BCUT2D eigenvalue weighted by molar-refractivity contribution is -0.123. The molecule has 2 N–H and O–H groups in total. The summed E-state index contributed by atoms with van der Waals surface area (Å²) in [5.41, 5.74) is 0. The Labute approximate surface area is 79.3 Å². The average Bonchev–Trinajstić information content (AvgIpc) is 2.77. The number of rotatable bonds is 3. The first-order valence-corrected chi connectivity index (χ1v) is 5.32. The van der Waals surface area contributed by atoms with Gasteiger partial charge in [0.05, 0.1) is 0 Å². The van der Waals surface area contributed by atoms with E-state index in [1.165, 1.54) is 0 Å². The molecule has 1 saturated carbocycles. The van der Waals surface area contributed by atoms with E-state index in [4.69, 9.17) is 0 Å². The molecule has 2 aliphatic rings. The summed E-state index contributed by atoms with van der Waals surface area (Å²) in [6.07, 6.45) is 3.36. The number of carbonyl (C=O) groups excluding carboxylic acids is 1. The van der Waals surface area contributed by atoms with Gasteiger partial charge in [0.25, 0.3) is 0 Å². The molecule has 74 valence electrons. The second-order valence-corrected chi connectivity index (χ2v) is 4.21. The van der Waals surface area contributed by atoms with E-state index in [1.807, 2.05) is 0 Å². The highest BCUT2D eigenvalue weighted by atomic mass is 16.2. The van der Waals surface area contributed by atoms with Crippen LogP contribution in [0.3, 0.4) is 0 Å². The van der Waals surface area contributed by atoms with Crippen molar-refractivity contribution in [2.75, 3.05) is 13.1 Å². The molecule has 0 bridgehead atoms. The van der Waals surface area contributed by atoms with Crippen molar-refractivity contribution in [2.45, 2.75) is 32.2 Å². The molecule has 1 amide bonds. The molecule has 2 fully saturated rings. The maximum absolute atomic E-state index is 11.6. The summed E-state index contributed by atoms with van der Waals surface area (Å²) in [5, 5.41) is 6.35. The van der Waals surface area contributed by atoms with E-state index >= 15 is 0 Å². The number of hydrogen-bond donors (Lipinski definition) is 2. The highest BCUT2D eigenvalue weighted by molar-refractivity contribution is 5.81. The van der Waals surface area contributed by atoms with Crippen molar-refractivity contribution >= 4 is 5.91 Å². The first kappa shape index (κ1) is 9.00. The maximum atomic E-state index is 11.6. The second kappa shape index (κ2) is 3.66. The van der Waals surface area contributed by atoms with Gasteiger partial charge in [0, 0.05) is 18.5 Å². The third-order valence-corrected chi connectivity index (χ3v) is 3.19. The van der Waals surface area contributed by atoms with E-state index in [1.54, 1.807) is 0 Å². The fourth-order valence-corrected chi connectivity index (χ4v) is 2.11. The van der Waals surface area contributed by atoms with Crippen LogP contribution in [0.2, 0.25) is 0 Å². The van der Waals surface area contributed by atoms with Crippen molar-refractivity contribution in [2.24, 2.45) is 11.8 Å². The van der Waals surface area contributed by atoms with Crippen molar-refractivity contribution in [3.05, 3.63) is 0 Å². The summed E-state index contributed by atoms with van der Waals surface area (Å²) in [6.45, 7) is 4.16. The van der Waals surface area contributed by atoms with E-state index in [0.717, 1.165) is 32.4 Å². The zero-order chi connectivity index (χ0) is 9.26. The molecule has 1 saturated heterocycles. The Bertz CT molecular complexity index is 199. The van der Waals surface area contributed by atoms with Gasteiger partial charge in [-0.2, -0.15) is 0 Å². The molecule has 13 heavy (non-hydrogen) atoms. The molecule has 0 aromatic rings. The Kier molecular flexibility index (Phi) is 2.54. The SMILES string of the molecule is CC[C@@H]1C[C@H]1C(=O)N[C@H]1CCNC1. The zero-order valence-corrected chi connectivity index (χ0v) is 8.18. The predicted molar refractivity (Wildman–Crippen MR) is 51.3 cm³/mol. The summed E-state index contributed by atoms with van der Waals surface area (Å²) < 4.78 is 0. The molecule has 3 heteroatoms. The minimum atomic E-state index is 0.292. The first-order valence-electron chi connectivity index (χ1n) is 5.32. The smallest absolute Gasteiger partial charge is 0.223 e. The van der Waals surface area contributed by atoms with Crippen LogP contribution in [0.5, 0.6) is 0 Å². The van der Waals surface area contributed by atoms with Crippen LogP contribution < -0.4 is 10.6 Å². The lowest BCUT2D eigenvalue weighted by atomic mass is 10.2. The van der Waals surface area contributed by atoms with E-state index in [0.29, 0.717) is 23.8 Å². The number of amides is 1. The molecule has 3 nitrogen and oxygen atoms in total.